The summed E-state index contributed by atoms with van der Waals surface area (Å²) in [5.74, 6) is 0.356. The number of nitrogens with zero attached hydrogens (tertiary/aromatic N) is 1. The Morgan fingerprint density at radius 1 is 1.45 bits per heavy atom. The first-order valence-corrected chi connectivity index (χ1v) is 7.18. The molecule has 0 aliphatic heterocycles. The second-order valence-corrected chi connectivity index (χ2v) is 4.85. The average Bonchev–Trinajstić information content (AvgIpc) is 2.41. The smallest absolute Gasteiger partial charge is 0.274 e. The van der Waals surface area contributed by atoms with E-state index in [1.165, 1.54) is 17.8 Å². The molecule has 1 aromatic carbocycles. The molecule has 0 aliphatic rings. The number of anilines is 1. The van der Waals surface area contributed by atoms with Gasteiger partial charge in [0.2, 0.25) is 0 Å². The van der Waals surface area contributed by atoms with Crippen LogP contribution in [-0.2, 0) is 5.75 Å². The zero-order valence-corrected chi connectivity index (χ0v) is 11.5. The number of aromatic amines is 1. The molecule has 7 heteroatoms. The number of benzene rings is 1. The van der Waals surface area contributed by atoms with E-state index in [2.05, 4.69) is 15.3 Å². The van der Waals surface area contributed by atoms with Gasteiger partial charge in [0, 0.05) is 6.07 Å². The Hall–Kier alpha value is -2.28. The molecule has 20 heavy (non-hydrogen) atoms. The van der Waals surface area contributed by atoms with Crippen LogP contribution >= 0.6 is 11.8 Å². The Morgan fingerprint density at radius 3 is 2.90 bits per heavy atom. The van der Waals surface area contributed by atoms with Gasteiger partial charge in [0.1, 0.15) is 17.3 Å². The molecule has 2 aromatic rings. The number of carbonyl (C=O) groups is 1. The molecule has 1 heterocycles. The predicted octanol–water partition coefficient (Wildman–Crippen LogP) is 1.59. The van der Waals surface area contributed by atoms with Gasteiger partial charge in [-0.1, -0.05) is 12.1 Å². The molecule has 1 aromatic heterocycles. The molecule has 0 aliphatic carbocycles. The molecule has 0 atom stereocenters. The van der Waals surface area contributed by atoms with Crippen molar-refractivity contribution in [2.45, 2.75) is 5.75 Å². The highest BCUT2D eigenvalue weighted by Gasteiger charge is 2.12. The maximum absolute atomic E-state index is 12.0. The third-order valence-corrected chi connectivity index (χ3v) is 3.02. The Labute approximate surface area is 119 Å². The fourth-order valence-electron chi connectivity index (χ4n) is 1.60. The molecule has 0 saturated heterocycles. The van der Waals surface area contributed by atoms with Gasteiger partial charge in [-0.15, -0.1) is 0 Å². The quantitative estimate of drug-likeness (QED) is 0.744. The number of phenolic OH excluding ortho intramolecular Hbond substituents is 1. The SMILES string of the molecule is CSCc1nc(C(=O)Nc2ccccc2O)cc(=O)[nH]1. The zero-order valence-electron chi connectivity index (χ0n) is 10.7. The number of rotatable bonds is 4. The van der Waals surface area contributed by atoms with E-state index in [0.29, 0.717) is 11.6 Å². The van der Waals surface area contributed by atoms with Crippen LogP contribution in [0.25, 0.3) is 0 Å². The first-order chi connectivity index (χ1) is 9.60. The summed E-state index contributed by atoms with van der Waals surface area (Å²) in [5, 5.41) is 12.1. The van der Waals surface area contributed by atoms with Crippen LogP contribution in [0.5, 0.6) is 5.75 Å². The Bertz CT molecular complexity index is 685. The van der Waals surface area contributed by atoms with E-state index in [1.54, 1.807) is 18.2 Å². The van der Waals surface area contributed by atoms with Crippen LogP contribution in [-0.4, -0.2) is 27.2 Å². The van der Waals surface area contributed by atoms with Crippen molar-refractivity contribution in [2.24, 2.45) is 0 Å². The van der Waals surface area contributed by atoms with Gasteiger partial charge in [-0.25, -0.2) is 4.98 Å². The molecule has 6 nitrogen and oxygen atoms in total. The van der Waals surface area contributed by atoms with Crippen molar-refractivity contribution in [3.63, 3.8) is 0 Å². The number of aromatic hydroxyl groups is 1. The van der Waals surface area contributed by atoms with Gasteiger partial charge in [-0.3, -0.25) is 9.59 Å². The maximum Gasteiger partial charge on any atom is 0.274 e. The van der Waals surface area contributed by atoms with Gasteiger partial charge in [-0.2, -0.15) is 11.8 Å². The lowest BCUT2D eigenvalue weighted by Crippen LogP contribution is -2.20. The first kappa shape index (κ1) is 14.1. The van der Waals surface area contributed by atoms with Crippen molar-refractivity contribution in [3.8, 4) is 5.75 Å². The lowest BCUT2D eigenvalue weighted by atomic mass is 10.3. The molecule has 0 unspecified atom stereocenters. The maximum atomic E-state index is 12.0. The molecule has 104 valence electrons. The number of aromatic nitrogens is 2. The first-order valence-electron chi connectivity index (χ1n) is 5.78. The molecule has 0 radical (unpaired) electrons. The average molecular weight is 291 g/mol. The number of amides is 1. The summed E-state index contributed by atoms with van der Waals surface area (Å²) >= 11 is 1.49. The molecule has 1 amide bonds. The normalized spacial score (nSPS) is 10.2. The Balaban J connectivity index is 2.25. The molecular formula is C13H13N3O3S. The number of hydrogen-bond acceptors (Lipinski definition) is 5. The van der Waals surface area contributed by atoms with Gasteiger partial charge in [0.05, 0.1) is 11.4 Å². The van der Waals surface area contributed by atoms with Crippen LogP contribution in [0.1, 0.15) is 16.3 Å². The van der Waals surface area contributed by atoms with Crippen molar-refractivity contribution in [1.29, 1.82) is 0 Å². The highest BCUT2D eigenvalue weighted by Crippen LogP contribution is 2.21. The Morgan fingerprint density at radius 2 is 2.20 bits per heavy atom. The number of H-pyrrole nitrogens is 1. The summed E-state index contributed by atoms with van der Waals surface area (Å²) in [6.45, 7) is 0. The zero-order chi connectivity index (χ0) is 14.5. The third kappa shape index (κ3) is 3.39. The minimum atomic E-state index is -0.542. The highest BCUT2D eigenvalue weighted by atomic mass is 32.2. The van der Waals surface area contributed by atoms with E-state index in [-0.39, 0.29) is 22.7 Å². The van der Waals surface area contributed by atoms with Gasteiger partial charge >= 0.3 is 0 Å². The number of carbonyl (C=O) groups excluding carboxylic acids is 1. The van der Waals surface area contributed by atoms with Crippen LogP contribution < -0.4 is 10.9 Å². The predicted molar refractivity (Wildman–Crippen MR) is 78.1 cm³/mol. The fraction of sp³-hybridized carbons (Fsp3) is 0.154. The van der Waals surface area contributed by atoms with E-state index >= 15 is 0 Å². The van der Waals surface area contributed by atoms with Crippen LogP contribution in [0.4, 0.5) is 5.69 Å². The third-order valence-electron chi connectivity index (χ3n) is 2.46. The van der Waals surface area contributed by atoms with E-state index < -0.39 is 5.91 Å². The molecular weight excluding hydrogens is 278 g/mol. The summed E-state index contributed by atoms with van der Waals surface area (Å²) < 4.78 is 0. The van der Waals surface area contributed by atoms with Crippen molar-refractivity contribution in [1.82, 2.24) is 9.97 Å². The molecule has 2 rings (SSSR count). The highest BCUT2D eigenvalue weighted by molar-refractivity contribution is 7.97. The van der Waals surface area contributed by atoms with E-state index in [4.69, 9.17) is 0 Å². The largest absolute Gasteiger partial charge is 0.506 e. The molecule has 0 fully saturated rings. The summed E-state index contributed by atoms with van der Waals surface area (Å²) in [7, 11) is 0. The van der Waals surface area contributed by atoms with Crippen molar-refractivity contribution in [2.75, 3.05) is 11.6 Å². The minimum Gasteiger partial charge on any atom is -0.506 e. The number of nitrogens with one attached hydrogen (secondary N) is 2. The lowest BCUT2D eigenvalue weighted by molar-refractivity contribution is 0.102. The summed E-state index contributed by atoms with van der Waals surface area (Å²) in [6.07, 6.45) is 1.87. The second kappa shape index (κ2) is 6.25. The van der Waals surface area contributed by atoms with Gasteiger partial charge in [-0.05, 0) is 18.4 Å². The lowest BCUT2D eigenvalue weighted by Gasteiger charge is -2.07. The number of phenols is 1. The standard InChI is InChI=1S/C13H13N3O3S/c1-20-7-11-14-9(6-12(18)16-11)13(19)15-8-4-2-3-5-10(8)17/h2-6,17H,7H2,1H3,(H,15,19)(H,14,16,18). The van der Waals surface area contributed by atoms with Gasteiger partial charge < -0.3 is 15.4 Å². The van der Waals surface area contributed by atoms with Crippen LogP contribution in [0.15, 0.2) is 35.1 Å². The summed E-state index contributed by atoms with van der Waals surface area (Å²) in [5.41, 5.74) is -0.0986. The fourth-order valence-corrected chi connectivity index (χ4v) is 2.01. The van der Waals surface area contributed by atoms with E-state index in [1.807, 2.05) is 6.26 Å². The molecule has 0 saturated carbocycles. The summed E-state index contributed by atoms with van der Waals surface area (Å²) in [4.78, 5) is 30.1. The van der Waals surface area contributed by atoms with Crippen LogP contribution in [0, 0.1) is 0 Å². The number of thioether (sulfide) groups is 1. The second-order valence-electron chi connectivity index (χ2n) is 3.98. The molecule has 3 N–H and O–H groups in total. The molecule has 0 bridgehead atoms. The van der Waals surface area contributed by atoms with Gasteiger partial charge in [0.25, 0.3) is 11.5 Å². The van der Waals surface area contributed by atoms with Crippen molar-refractivity contribution >= 4 is 23.4 Å². The van der Waals surface area contributed by atoms with Gasteiger partial charge in [0.15, 0.2) is 0 Å². The topological polar surface area (TPSA) is 95.1 Å². The van der Waals surface area contributed by atoms with E-state index in [0.717, 1.165) is 6.07 Å². The van der Waals surface area contributed by atoms with E-state index in [9.17, 15) is 14.7 Å². The van der Waals surface area contributed by atoms with Crippen LogP contribution in [0.2, 0.25) is 0 Å². The van der Waals surface area contributed by atoms with Crippen LogP contribution in [0.3, 0.4) is 0 Å². The summed E-state index contributed by atoms with van der Waals surface area (Å²) in [6, 6.07) is 7.47. The van der Waals surface area contributed by atoms with Crippen molar-refractivity contribution < 1.29 is 9.90 Å². The minimum absolute atomic E-state index is 0.0149. The number of hydrogen-bond donors (Lipinski definition) is 3. The molecule has 0 spiro atoms. The number of para-hydroxylation sites is 2. The monoisotopic (exact) mass is 291 g/mol. The Kier molecular flexibility index (Phi) is 4.41. The van der Waals surface area contributed by atoms with Crippen molar-refractivity contribution in [3.05, 3.63) is 52.2 Å².